The van der Waals surface area contributed by atoms with Crippen LogP contribution in [0.2, 0.25) is 0 Å². The van der Waals surface area contributed by atoms with Crippen LogP contribution in [0.15, 0.2) is 41.6 Å². The highest BCUT2D eigenvalue weighted by molar-refractivity contribution is 6.07. The third-order valence-corrected chi connectivity index (χ3v) is 6.40. The summed E-state index contributed by atoms with van der Waals surface area (Å²) >= 11 is 0. The summed E-state index contributed by atoms with van der Waals surface area (Å²) in [7, 11) is 0. The number of aryl methyl sites for hydroxylation is 2. The topological polar surface area (TPSA) is 118 Å². The first-order chi connectivity index (χ1) is 17.3. The zero-order chi connectivity index (χ0) is 26.8. The van der Waals surface area contributed by atoms with Crippen molar-refractivity contribution in [1.29, 1.82) is 0 Å². The maximum absolute atomic E-state index is 13.5. The number of amides is 1. The molecule has 0 fully saturated rings. The van der Waals surface area contributed by atoms with E-state index < -0.39 is 41.8 Å². The summed E-state index contributed by atoms with van der Waals surface area (Å²) in [5.74, 6) is -5.57. The van der Waals surface area contributed by atoms with Crippen molar-refractivity contribution >= 4 is 17.4 Å². The fourth-order valence-electron chi connectivity index (χ4n) is 4.25. The minimum atomic E-state index is -5.72. The molecule has 37 heavy (non-hydrogen) atoms. The highest BCUT2D eigenvalue weighted by atomic mass is 19.4. The van der Waals surface area contributed by atoms with E-state index in [1.807, 2.05) is 19.1 Å². The van der Waals surface area contributed by atoms with E-state index in [2.05, 4.69) is 30.4 Å². The summed E-state index contributed by atoms with van der Waals surface area (Å²) < 4.78 is 66.2. The van der Waals surface area contributed by atoms with Crippen LogP contribution in [0.25, 0.3) is 17.2 Å². The third kappa shape index (κ3) is 3.92. The first-order valence-corrected chi connectivity index (χ1v) is 11.0. The molecule has 1 aliphatic rings. The van der Waals surface area contributed by atoms with Gasteiger partial charge < -0.3 is 10.3 Å². The molecule has 1 aliphatic heterocycles. The first kappa shape index (κ1) is 24.5. The monoisotopic (exact) mass is 519 g/mol. The van der Waals surface area contributed by atoms with Gasteiger partial charge in [0.1, 0.15) is 23.3 Å². The number of fused-ring (bicyclic) bond motifs is 2. The van der Waals surface area contributed by atoms with Gasteiger partial charge >= 0.3 is 12.1 Å². The Hall–Kier alpha value is -4.23. The predicted molar refractivity (Wildman–Crippen MR) is 120 cm³/mol. The van der Waals surface area contributed by atoms with E-state index in [1.54, 1.807) is 19.1 Å². The molecule has 1 aromatic carbocycles. The summed E-state index contributed by atoms with van der Waals surface area (Å²) in [5.41, 5.74) is -0.650. The number of rotatable bonds is 5. The number of nitrogens with one attached hydrogen (secondary N) is 2. The number of carbonyl (C=O) groups is 1. The second kappa shape index (κ2) is 8.15. The van der Waals surface area contributed by atoms with Crippen LogP contribution in [0.5, 0.6) is 0 Å². The zero-order valence-corrected chi connectivity index (χ0v) is 19.3. The molecule has 0 saturated carbocycles. The smallest absolute Gasteiger partial charge is 0.309 e. The summed E-state index contributed by atoms with van der Waals surface area (Å²) in [6, 6.07) is 7.09. The number of alkyl halides is 5. The Morgan fingerprint density at radius 1 is 1.05 bits per heavy atom. The van der Waals surface area contributed by atoms with Crippen LogP contribution in [0.4, 0.5) is 27.8 Å². The van der Waals surface area contributed by atoms with E-state index in [0.717, 1.165) is 16.4 Å². The van der Waals surface area contributed by atoms with Gasteiger partial charge in [0.25, 0.3) is 5.56 Å². The Kier molecular flexibility index (Phi) is 5.39. The summed E-state index contributed by atoms with van der Waals surface area (Å²) in [6.45, 7) is 3.47. The van der Waals surface area contributed by atoms with Crippen molar-refractivity contribution in [3.63, 3.8) is 0 Å². The normalized spacial score (nSPS) is 17.8. The molecule has 0 unspecified atom stereocenters. The molecule has 0 radical (unpaired) electrons. The van der Waals surface area contributed by atoms with Gasteiger partial charge in [-0.15, -0.1) is 0 Å². The lowest BCUT2D eigenvalue weighted by Crippen LogP contribution is -2.36. The number of H-pyrrole nitrogens is 1. The second-order valence-electron chi connectivity index (χ2n) is 8.89. The number of benzene rings is 1. The minimum Gasteiger partial charge on any atom is -0.309 e. The average molecular weight is 519 g/mol. The molecule has 0 spiro atoms. The quantitative estimate of drug-likeness (QED) is 0.390. The number of aromatic nitrogens is 6. The SMILES string of the molecule is Cc1ccc([C@]2(C)C(=O)Nc3nc(-c4cn5ncnc5c(CCC(F)(F)C(F)(F)F)n4)[nH]c(=O)c32)cc1. The molecule has 192 valence electrons. The van der Waals surface area contributed by atoms with E-state index >= 15 is 0 Å². The second-order valence-corrected chi connectivity index (χ2v) is 8.89. The number of anilines is 1. The molecule has 4 heterocycles. The lowest BCUT2D eigenvalue weighted by Gasteiger charge is -2.22. The zero-order valence-electron chi connectivity index (χ0n) is 19.3. The van der Waals surface area contributed by atoms with Gasteiger partial charge in [-0.3, -0.25) is 9.59 Å². The van der Waals surface area contributed by atoms with Crippen LogP contribution < -0.4 is 10.9 Å². The van der Waals surface area contributed by atoms with Crippen LogP contribution in [0.3, 0.4) is 0 Å². The summed E-state index contributed by atoms with van der Waals surface area (Å²) in [4.78, 5) is 41.1. The van der Waals surface area contributed by atoms with Crippen LogP contribution in [0.1, 0.15) is 35.7 Å². The third-order valence-electron chi connectivity index (χ3n) is 6.40. The van der Waals surface area contributed by atoms with Crippen LogP contribution in [-0.4, -0.2) is 47.6 Å². The molecule has 0 saturated heterocycles. The number of halogens is 5. The van der Waals surface area contributed by atoms with Crippen molar-refractivity contribution in [3.05, 3.63) is 69.5 Å². The highest BCUT2D eigenvalue weighted by Gasteiger charge is 2.56. The Balaban J connectivity index is 1.57. The van der Waals surface area contributed by atoms with Crippen LogP contribution in [0, 0.1) is 6.92 Å². The number of nitrogens with zero attached hydrogens (tertiary/aromatic N) is 5. The molecule has 0 aliphatic carbocycles. The Labute approximate surface area is 204 Å². The fourth-order valence-corrected chi connectivity index (χ4v) is 4.25. The average Bonchev–Trinajstić information content (AvgIpc) is 3.40. The number of aromatic amines is 1. The summed E-state index contributed by atoms with van der Waals surface area (Å²) in [6.07, 6.45) is -5.69. The van der Waals surface area contributed by atoms with E-state index in [-0.39, 0.29) is 34.2 Å². The van der Waals surface area contributed by atoms with Crippen molar-refractivity contribution in [2.75, 3.05) is 5.32 Å². The Morgan fingerprint density at radius 3 is 2.43 bits per heavy atom. The largest absolute Gasteiger partial charge is 0.453 e. The van der Waals surface area contributed by atoms with Gasteiger partial charge in [0.05, 0.1) is 17.5 Å². The molecule has 4 aromatic rings. The molecule has 2 N–H and O–H groups in total. The van der Waals surface area contributed by atoms with Crippen molar-refractivity contribution in [1.82, 2.24) is 29.5 Å². The van der Waals surface area contributed by atoms with E-state index in [0.29, 0.717) is 5.56 Å². The van der Waals surface area contributed by atoms with Crippen molar-refractivity contribution in [2.24, 2.45) is 0 Å². The Bertz CT molecular complexity index is 1590. The first-order valence-electron chi connectivity index (χ1n) is 11.0. The van der Waals surface area contributed by atoms with Gasteiger partial charge in [0.15, 0.2) is 11.5 Å². The molecular formula is C23H18F5N7O2. The highest BCUT2D eigenvalue weighted by Crippen LogP contribution is 2.41. The maximum Gasteiger partial charge on any atom is 0.453 e. The van der Waals surface area contributed by atoms with Crippen LogP contribution in [-0.2, 0) is 16.6 Å². The molecule has 1 amide bonds. The molecule has 5 rings (SSSR count). The van der Waals surface area contributed by atoms with E-state index in [9.17, 15) is 31.5 Å². The molecule has 9 nitrogen and oxygen atoms in total. The van der Waals surface area contributed by atoms with Crippen molar-refractivity contribution in [3.8, 4) is 11.5 Å². The number of hydrogen-bond donors (Lipinski definition) is 2. The van der Waals surface area contributed by atoms with Crippen LogP contribution >= 0.6 is 0 Å². The van der Waals surface area contributed by atoms with E-state index in [1.165, 1.54) is 6.20 Å². The lowest BCUT2D eigenvalue weighted by atomic mass is 9.78. The molecule has 14 heteroatoms. The van der Waals surface area contributed by atoms with Gasteiger partial charge in [0.2, 0.25) is 5.91 Å². The van der Waals surface area contributed by atoms with Crippen molar-refractivity contribution < 1.29 is 26.7 Å². The molecule has 3 aromatic heterocycles. The van der Waals surface area contributed by atoms with Gasteiger partial charge in [-0.2, -0.15) is 27.1 Å². The standard InChI is InChI=1S/C23H18F5N7O2/c1-11-3-5-12(6-4-11)21(2)15-17(34-20(21)37)32-16(33-19(15)36)14-9-35-18(29-10-30-35)13(31-14)7-8-22(24,25)23(26,27)28/h3-6,9-10H,7-8H2,1-2H3,(H2,32,33,34,36,37)/t21-/m0/s1. The lowest BCUT2D eigenvalue weighted by molar-refractivity contribution is -0.284. The Morgan fingerprint density at radius 2 is 1.76 bits per heavy atom. The summed E-state index contributed by atoms with van der Waals surface area (Å²) in [5, 5.41) is 6.51. The van der Waals surface area contributed by atoms with Crippen molar-refractivity contribution in [2.45, 2.75) is 44.2 Å². The van der Waals surface area contributed by atoms with Gasteiger partial charge in [-0.25, -0.2) is 19.5 Å². The van der Waals surface area contributed by atoms with Gasteiger partial charge in [0, 0.05) is 6.42 Å². The van der Waals surface area contributed by atoms with E-state index in [4.69, 9.17) is 0 Å². The van der Waals surface area contributed by atoms with Gasteiger partial charge in [-0.05, 0) is 25.8 Å². The number of carbonyl (C=O) groups excluding carboxylic acids is 1. The maximum atomic E-state index is 13.5. The fraction of sp³-hybridized carbons (Fsp3) is 0.304. The predicted octanol–water partition coefficient (Wildman–Crippen LogP) is 3.57. The van der Waals surface area contributed by atoms with Gasteiger partial charge in [-0.1, -0.05) is 29.8 Å². The number of hydrogen-bond acceptors (Lipinski definition) is 6. The minimum absolute atomic E-state index is 0.0162. The molecule has 1 atom stereocenters. The molecule has 0 bridgehead atoms. The molecular weight excluding hydrogens is 501 g/mol.